The molecule has 1 aliphatic rings. The first-order valence-corrected chi connectivity index (χ1v) is 11.5. The summed E-state index contributed by atoms with van der Waals surface area (Å²) in [4.78, 5) is 27.6. The smallest absolute Gasteiger partial charge is 0.292 e. The van der Waals surface area contributed by atoms with Gasteiger partial charge in [0, 0.05) is 24.8 Å². The van der Waals surface area contributed by atoms with Crippen molar-refractivity contribution in [3.8, 4) is 11.3 Å². The number of nitrogens with one attached hydrogen (secondary N) is 1. The van der Waals surface area contributed by atoms with E-state index in [4.69, 9.17) is 4.74 Å². The Bertz CT molecular complexity index is 1080. The van der Waals surface area contributed by atoms with Crippen LogP contribution >= 0.6 is 11.8 Å². The number of benzene rings is 2. The van der Waals surface area contributed by atoms with Crippen LogP contribution in [0, 0.1) is 10.1 Å². The van der Waals surface area contributed by atoms with E-state index in [1.54, 1.807) is 12.1 Å². The van der Waals surface area contributed by atoms with Gasteiger partial charge in [-0.1, -0.05) is 54.2 Å². The fraction of sp³-hybridized carbons (Fsp3) is 0.304. The van der Waals surface area contributed by atoms with E-state index < -0.39 is 4.92 Å². The van der Waals surface area contributed by atoms with Crippen LogP contribution in [-0.2, 0) is 16.1 Å². The van der Waals surface area contributed by atoms with Gasteiger partial charge in [-0.05, 0) is 24.5 Å². The van der Waals surface area contributed by atoms with Gasteiger partial charge in [-0.2, -0.15) is 0 Å². The highest BCUT2D eigenvalue weighted by Gasteiger charge is 2.21. The highest BCUT2D eigenvalue weighted by molar-refractivity contribution is 7.99. The van der Waals surface area contributed by atoms with Gasteiger partial charge in [-0.3, -0.25) is 14.9 Å². The molecule has 0 aliphatic carbocycles. The molecule has 32 heavy (non-hydrogen) atoms. The molecule has 0 radical (unpaired) electrons. The number of carbonyl (C=O) groups is 1. The van der Waals surface area contributed by atoms with Gasteiger partial charge >= 0.3 is 0 Å². The van der Waals surface area contributed by atoms with Gasteiger partial charge in [0.15, 0.2) is 5.16 Å². The van der Waals surface area contributed by atoms with E-state index in [9.17, 15) is 14.9 Å². The second kappa shape index (κ2) is 10.4. The number of aromatic nitrogens is 2. The van der Waals surface area contributed by atoms with E-state index >= 15 is 0 Å². The van der Waals surface area contributed by atoms with Crippen LogP contribution < -0.4 is 5.32 Å². The number of rotatable bonds is 9. The van der Waals surface area contributed by atoms with Crippen molar-refractivity contribution in [3.05, 3.63) is 70.9 Å². The number of thioether (sulfide) groups is 1. The molecule has 1 aromatic heterocycles. The Labute approximate surface area is 190 Å². The van der Waals surface area contributed by atoms with Gasteiger partial charge < -0.3 is 14.6 Å². The summed E-state index contributed by atoms with van der Waals surface area (Å²) in [5.74, 6) is 0.232. The largest absolute Gasteiger partial charge is 0.376 e. The molecule has 1 atom stereocenters. The number of nitro groups is 1. The Kier molecular flexibility index (Phi) is 7.18. The van der Waals surface area contributed by atoms with Crippen LogP contribution in [0.1, 0.15) is 19.3 Å². The van der Waals surface area contributed by atoms with Crippen LogP contribution in [0.15, 0.2) is 66.0 Å². The predicted octanol–water partition coefficient (Wildman–Crippen LogP) is 4.76. The lowest BCUT2D eigenvalue weighted by atomic mass is 10.1. The topological polar surface area (TPSA) is 99.3 Å². The summed E-state index contributed by atoms with van der Waals surface area (Å²) in [7, 11) is 0. The Morgan fingerprint density at radius 1 is 1.22 bits per heavy atom. The van der Waals surface area contributed by atoms with Crippen molar-refractivity contribution in [1.82, 2.24) is 9.55 Å². The molecule has 8 nitrogen and oxygen atoms in total. The molecular formula is C23H24N4O4S. The highest BCUT2D eigenvalue weighted by Crippen LogP contribution is 2.29. The molecule has 1 N–H and O–H groups in total. The maximum Gasteiger partial charge on any atom is 0.292 e. The van der Waals surface area contributed by atoms with E-state index in [0.717, 1.165) is 42.4 Å². The number of amides is 1. The van der Waals surface area contributed by atoms with Gasteiger partial charge in [-0.15, -0.1) is 0 Å². The van der Waals surface area contributed by atoms with Gasteiger partial charge in [0.05, 0.1) is 29.5 Å². The van der Waals surface area contributed by atoms with Crippen LogP contribution in [0.3, 0.4) is 0 Å². The summed E-state index contributed by atoms with van der Waals surface area (Å²) in [6.45, 7) is 1.50. The minimum Gasteiger partial charge on any atom is -0.376 e. The first-order valence-electron chi connectivity index (χ1n) is 10.5. The van der Waals surface area contributed by atoms with Crippen LogP contribution in [0.25, 0.3) is 11.3 Å². The molecule has 0 spiro atoms. The number of nitrogens with zero attached hydrogens (tertiary/aromatic N) is 3. The van der Waals surface area contributed by atoms with Crippen molar-refractivity contribution in [2.45, 2.75) is 37.1 Å². The van der Waals surface area contributed by atoms with Crippen LogP contribution in [0.2, 0.25) is 0 Å². The van der Waals surface area contributed by atoms with Gasteiger partial charge in [0.1, 0.15) is 5.69 Å². The summed E-state index contributed by atoms with van der Waals surface area (Å²) >= 11 is 1.50. The van der Waals surface area contributed by atoms with E-state index in [0.29, 0.717) is 5.75 Å². The van der Waals surface area contributed by atoms with Crippen molar-refractivity contribution in [2.24, 2.45) is 0 Å². The van der Waals surface area contributed by atoms with E-state index in [1.807, 2.05) is 24.4 Å². The fourth-order valence-electron chi connectivity index (χ4n) is 3.67. The zero-order chi connectivity index (χ0) is 22.3. The molecule has 2 aromatic carbocycles. The number of anilines is 1. The molecule has 0 saturated carbocycles. The van der Waals surface area contributed by atoms with E-state index in [2.05, 4.69) is 27.0 Å². The monoisotopic (exact) mass is 452 g/mol. The van der Waals surface area contributed by atoms with Crippen molar-refractivity contribution in [1.29, 1.82) is 0 Å². The van der Waals surface area contributed by atoms with Crippen molar-refractivity contribution in [2.75, 3.05) is 17.7 Å². The van der Waals surface area contributed by atoms with Crippen LogP contribution in [-0.4, -0.2) is 38.8 Å². The lowest BCUT2D eigenvalue weighted by molar-refractivity contribution is -0.383. The molecule has 1 aliphatic heterocycles. The van der Waals surface area contributed by atoms with Crippen LogP contribution in [0.5, 0.6) is 0 Å². The zero-order valence-corrected chi connectivity index (χ0v) is 18.3. The van der Waals surface area contributed by atoms with E-state index in [-0.39, 0.29) is 29.8 Å². The average molecular weight is 453 g/mol. The number of hydrogen-bond acceptors (Lipinski definition) is 6. The molecule has 1 unspecified atom stereocenters. The third kappa shape index (κ3) is 5.35. The molecule has 4 rings (SSSR count). The molecule has 1 saturated heterocycles. The van der Waals surface area contributed by atoms with Gasteiger partial charge in [-0.25, -0.2) is 4.98 Å². The number of carbonyl (C=O) groups excluding carboxylic acids is 1. The Hall–Kier alpha value is -3.17. The number of nitro benzene ring substituents is 1. The summed E-state index contributed by atoms with van der Waals surface area (Å²) in [5, 5.41) is 14.6. The minimum atomic E-state index is -0.503. The summed E-state index contributed by atoms with van der Waals surface area (Å²) in [5.41, 5.74) is 2.19. The normalized spacial score (nSPS) is 15.6. The molecule has 3 aromatic rings. The van der Waals surface area contributed by atoms with Gasteiger partial charge in [0.25, 0.3) is 5.69 Å². The minimum absolute atomic E-state index is 0.117. The second-order valence-electron chi connectivity index (χ2n) is 7.46. The maximum atomic E-state index is 12.4. The first kappa shape index (κ1) is 22.0. The quantitative estimate of drug-likeness (QED) is 0.286. The van der Waals surface area contributed by atoms with E-state index in [1.165, 1.54) is 23.9 Å². The lowest BCUT2D eigenvalue weighted by Crippen LogP contribution is -2.17. The fourth-order valence-corrected chi connectivity index (χ4v) is 4.59. The first-order chi connectivity index (χ1) is 15.6. The number of imidazole rings is 1. The zero-order valence-electron chi connectivity index (χ0n) is 17.5. The molecular weight excluding hydrogens is 428 g/mol. The lowest BCUT2D eigenvalue weighted by Gasteiger charge is -2.16. The third-order valence-corrected chi connectivity index (χ3v) is 6.23. The van der Waals surface area contributed by atoms with Crippen molar-refractivity contribution >= 4 is 29.0 Å². The second-order valence-corrected chi connectivity index (χ2v) is 8.52. The number of hydrogen-bond donors (Lipinski definition) is 1. The molecule has 166 valence electrons. The molecule has 9 heteroatoms. The van der Waals surface area contributed by atoms with Crippen LogP contribution in [0.4, 0.5) is 11.4 Å². The van der Waals surface area contributed by atoms with Crippen molar-refractivity contribution < 1.29 is 14.5 Å². The average Bonchev–Trinajstić information content (AvgIpc) is 3.45. The summed E-state index contributed by atoms with van der Waals surface area (Å²) in [6.07, 6.45) is 4.32. The Morgan fingerprint density at radius 3 is 2.75 bits per heavy atom. The highest BCUT2D eigenvalue weighted by atomic mass is 32.2. The molecule has 1 amide bonds. The predicted molar refractivity (Wildman–Crippen MR) is 124 cm³/mol. The summed E-state index contributed by atoms with van der Waals surface area (Å²) < 4.78 is 8.00. The molecule has 1 fully saturated rings. The maximum absolute atomic E-state index is 12.4. The molecule has 2 heterocycles. The number of ether oxygens (including phenoxy) is 1. The Balaban J connectivity index is 1.42. The van der Waals surface area contributed by atoms with Gasteiger partial charge in [0.2, 0.25) is 5.91 Å². The molecule has 0 bridgehead atoms. The third-order valence-electron chi connectivity index (χ3n) is 5.23. The summed E-state index contributed by atoms with van der Waals surface area (Å²) in [6, 6.07) is 16.2. The standard InChI is InChI=1S/C23H24N4O4S/c28-22(25-19-10-4-5-11-20(19)27(29)30)12-14-32-23-24-15-21(17-7-2-1-3-8-17)26(23)16-18-9-6-13-31-18/h1-5,7-8,10-11,15,18H,6,9,12-14,16H2,(H,25,28). The SMILES string of the molecule is O=C(CCSc1ncc(-c2ccccc2)n1CC1CCCO1)Nc1ccccc1[N+](=O)[O-]. The number of para-hydroxylation sites is 2. The Morgan fingerprint density at radius 2 is 2.00 bits per heavy atom. The van der Waals surface area contributed by atoms with Crippen molar-refractivity contribution in [3.63, 3.8) is 0 Å².